The van der Waals surface area contributed by atoms with Crippen LogP contribution in [0.3, 0.4) is 0 Å². The van der Waals surface area contributed by atoms with Crippen molar-refractivity contribution in [1.29, 1.82) is 0 Å². The second kappa shape index (κ2) is 8.82. The van der Waals surface area contributed by atoms with Gasteiger partial charge in [0.15, 0.2) is 6.61 Å². The van der Waals surface area contributed by atoms with Gasteiger partial charge in [0, 0.05) is 26.2 Å². The van der Waals surface area contributed by atoms with Crippen molar-refractivity contribution >= 4 is 23.6 Å². The fourth-order valence-corrected chi connectivity index (χ4v) is 3.93. The number of imide groups is 1. The average Bonchev–Trinajstić information content (AvgIpc) is 3.05. The zero-order chi connectivity index (χ0) is 22.8. The third-order valence-electron chi connectivity index (χ3n) is 6.06. The summed E-state index contributed by atoms with van der Waals surface area (Å²) < 4.78 is 5.70. The molecule has 0 unspecified atom stereocenters. The van der Waals surface area contributed by atoms with Crippen LogP contribution in [0.1, 0.15) is 31.8 Å². The number of rotatable bonds is 5. The number of carbonyl (C=O) groups is 4. The number of carbonyl (C=O) groups excluding carboxylic acids is 4. The third-order valence-corrected chi connectivity index (χ3v) is 6.06. The molecular formula is C24H25N3O5. The lowest BCUT2D eigenvalue weighted by molar-refractivity contribution is -0.140. The fourth-order valence-electron chi connectivity index (χ4n) is 3.93. The highest BCUT2D eigenvalue weighted by Gasteiger charge is 2.37. The highest BCUT2D eigenvalue weighted by molar-refractivity contribution is 6.22. The molecule has 4 amide bonds. The summed E-state index contributed by atoms with van der Waals surface area (Å²) in [6.07, 6.45) is 0. The van der Waals surface area contributed by atoms with E-state index in [9.17, 15) is 19.2 Å². The van der Waals surface area contributed by atoms with E-state index >= 15 is 0 Å². The molecule has 2 heterocycles. The van der Waals surface area contributed by atoms with Gasteiger partial charge in [0.2, 0.25) is 5.91 Å². The summed E-state index contributed by atoms with van der Waals surface area (Å²) in [5.74, 6) is -0.655. The summed E-state index contributed by atoms with van der Waals surface area (Å²) in [5.41, 5.74) is 2.75. The van der Waals surface area contributed by atoms with Gasteiger partial charge in [-0.1, -0.05) is 24.3 Å². The molecule has 0 radical (unpaired) electrons. The van der Waals surface area contributed by atoms with Gasteiger partial charge in [-0.15, -0.1) is 0 Å². The first-order valence-corrected chi connectivity index (χ1v) is 10.6. The monoisotopic (exact) mass is 435 g/mol. The topological polar surface area (TPSA) is 87.2 Å². The number of benzene rings is 2. The van der Waals surface area contributed by atoms with Crippen molar-refractivity contribution in [2.24, 2.45) is 0 Å². The number of nitrogens with zero attached hydrogens (tertiary/aromatic N) is 3. The Kier molecular flexibility index (Phi) is 5.94. The predicted octanol–water partition coefficient (Wildman–Crippen LogP) is 1.65. The number of hydrogen-bond donors (Lipinski definition) is 0. The van der Waals surface area contributed by atoms with Gasteiger partial charge in [0.05, 0.1) is 11.1 Å². The Morgan fingerprint density at radius 2 is 1.38 bits per heavy atom. The first-order valence-electron chi connectivity index (χ1n) is 10.6. The number of amides is 4. The largest absolute Gasteiger partial charge is 0.483 e. The summed E-state index contributed by atoms with van der Waals surface area (Å²) in [7, 11) is 0. The first kappa shape index (κ1) is 21.5. The molecule has 2 aliphatic rings. The molecule has 0 saturated carbocycles. The molecule has 166 valence electrons. The Hall–Kier alpha value is -3.68. The highest BCUT2D eigenvalue weighted by Crippen LogP contribution is 2.23. The van der Waals surface area contributed by atoms with E-state index in [0.29, 0.717) is 43.1 Å². The fraction of sp³-hybridized carbons (Fsp3) is 0.333. The van der Waals surface area contributed by atoms with Gasteiger partial charge in [-0.05, 0) is 43.2 Å². The van der Waals surface area contributed by atoms with Crippen molar-refractivity contribution in [2.75, 3.05) is 39.3 Å². The number of ether oxygens (including phenoxy) is 1. The summed E-state index contributed by atoms with van der Waals surface area (Å²) in [6.45, 7) is 5.03. The molecule has 2 aromatic rings. The summed E-state index contributed by atoms with van der Waals surface area (Å²) in [5, 5.41) is 0. The van der Waals surface area contributed by atoms with Gasteiger partial charge < -0.3 is 14.5 Å². The maximum absolute atomic E-state index is 12.7. The molecule has 1 saturated heterocycles. The zero-order valence-corrected chi connectivity index (χ0v) is 18.2. The van der Waals surface area contributed by atoms with Crippen molar-refractivity contribution in [3.63, 3.8) is 0 Å². The molecule has 0 aromatic heterocycles. The number of fused-ring (bicyclic) bond motifs is 1. The first-order chi connectivity index (χ1) is 15.4. The van der Waals surface area contributed by atoms with Crippen molar-refractivity contribution in [3.8, 4) is 5.75 Å². The molecule has 2 aromatic carbocycles. The molecule has 0 N–H and O–H groups in total. The SMILES string of the molecule is Cc1cccc(OCC(=O)N2CCN(C(=O)CN3C(=O)c4ccccc4C3=O)CC2)c1C. The van der Waals surface area contributed by atoms with Gasteiger partial charge in [0.25, 0.3) is 17.7 Å². The van der Waals surface area contributed by atoms with Crippen LogP contribution >= 0.6 is 0 Å². The minimum Gasteiger partial charge on any atom is -0.483 e. The van der Waals surface area contributed by atoms with Gasteiger partial charge in [-0.25, -0.2) is 0 Å². The molecule has 0 aliphatic carbocycles. The van der Waals surface area contributed by atoms with Crippen LogP contribution in [0, 0.1) is 13.8 Å². The number of piperazine rings is 1. The third kappa shape index (κ3) is 4.08. The second-order valence-corrected chi connectivity index (χ2v) is 7.99. The number of hydrogen-bond acceptors (Lipinski definition) is 5. The molecule has 0 bridgehead atoms. The van der Waals surface area contributed by atoms with E-state index in [1.165, 1.54) is 0 Å². The minimum absolute atomic E-state index is 0.0622. The second-order valence-electron chi connectivity index (χ2n) is 7.99. The van der Waals surface area contributed by atoms with Crippen LogP contribution in [0.25, 0.3) is 0 Å². The molecule has 2 aliphatic heterocycles. The maximum atomic E-state index is 12.7. The van der Waals surface area contributed by atoms with Crippen LogP contribution in [-0.4, -0.2) is 77.7 Å². The molecule has 1 fully saturated rings. The van der Waals surface area contributed by atoms with Gasteiger partial charge in [-0.2, -0.15) is 0 Å². The van der Waals surface area contributed by atoms with Gasteiger partial charge >= 0.3 is 0 Å². The van der Waals surface area contributed by atoms with E-state index in [0.717, 1.165) is 16.0 Å². The summed E-state index contributed by atoms with van der Waals surface area (Å²) >= 11 is 0. The lowest BCUT2D eigenvalue weighted by atomic mass is 10.1. The Morgan fingerprint density at radius 3 is 1.97 bits per heavy atom. The van der Waals surface area contributed by atoms with Crippen molar-refractivity contribution in [2.45, 2.75) is 13.8 Å². The van der Waals surface area contributed by atoms with Crippen LogP contribution in [-0.2, 0) is 9.59 Å². The van der Waals surface area contributed by atoms with Crippen LogP contribution < -0.4 is 4.74 Å². The van der Waals surface area contributed by atoms with E-state index in [4.69, 9.17) is 4.74 Å². The molecule has 32 heavy (non-hydrogen) atoms. The minimum atomic E-state index is -0.448. The Bertz CT molecular complexity index is 1050. The van der Waals surface area contributed by atoms with Crippen molar-refractivity contribution < 1.29 is 23.9 Å². The summed E-state index contributed by atoms with van der Waals surface area (Å²) in [4.78, 5) is 54.4. The Morgan fingerprint density at radius 1 is 0.812 bits per heavy atom. The molecule has 8 nitrogen and oxygen atoms in total. The Balaban J connectivity index is 1.28. The normalized spacial score (nSPS) is 15.8. The van der Waals surface area contributed by atoms with Crippen molar-refractivity contribution in [3.05, 3.63) is 64.7 Å². The Labute approximate surface area is 186 Å². The molecule has 4 rings (SSSR count). The van der Waals surface area contributed by atoms with Gasteiger partial charge in [-0.3, -0.25) is 24.1 Å². The van der Waals surface area contributed by atoms with Crippen molar-refractivity contribution in [1.82, 2.24) is 14.7 Å². The average molecular weight is 435 g/mol. The summed E-state index contributed by atoms with van der Waals surface area (Å²) in [6, 6.07) is 12.3. The standard InChI is InChI=1S/C24H25N3O5/c1-16-6-5-9-20(17(16)2)32-15-22(29)26-12-10-25(11-13-26)21(28)14-27-23(30)18-7-3-4-8-19(18)24(27)31/h3-9H,10-15H2,1-2H3. The van der Waals surface area contributed by atoms with Crippen LogP contribution in [0.2, 0.25) is 0 Å². The van der Waals surface area contributed by atoms with Crippen LogP contribution in [0.15, 0.2) is 42.5 Å². The van der Waals surface area contributed by atoms with Crippen LogP contribution in [0.5, 0.6) is 5.75 Å². The maximum Gasteiger partial charge on any atom is 0.262 e. The van der Waals surface area contributed by atoms with E-state index in [1.807, 2.05) is 32.0 Å². The van der Waals surface area contributed by atoms with E-state index in [1.54, 1.807) is 34.1 Å². The van der Waals surface area contributed by atoms with E-state index in [2.05, 4.69) is 0 Å². The molecule has 8 heteroatoms. The zero-order valence-electron chi connectivity index (χ0n) is 18.2. The lowest BCUT2D eigenvalue weighted by Crippen LogP contribution is -2.53. The lowest BCUT2D eigenvalue weighted by Gasteiger charge is -2.35. The smallest absolute Gasteiger partial charge is 0.262 e. The molecular weight excluding hydrogens is 410 g/mol. The van der Waals surface area contributed by atoms with E-state index < -0.39 is 11.8 Å². The molecule has 0 spiro atoms. The van der Waals surface area contributed by atoms with E-state index in [-0.39, 0.29) is 25.0 Å². The predicted molar refractivity (Wildman–Crippen MR) is 116 cm³/mol. The molecule has 0 atom stereocenters. The van der Waals surface area contributed by atoms with Crippen LogP contribution in [0.4, 0.5) is 0 Å². The highest BCUT2D eigenvalue weighted by atomic mass is 16.5. The van der Waals surface area contributed by atoms with Gasteiger partial charge in [0.1, 0.15) is 12.3 Å². The quantitative estimate of drug-likeness (QED) is 0.667. The number of aryl methyl sites for hydroxylation is 1.